The molecule has 0 spiro atoms. The van der Waals surface area contributed by atoms with Crippen molar-refractivity contribution >= 4 is 5.69 Å². The van der Waals surface area contributed by atoms with E-state index in [0.717, 1.165) is 23.6 Å². The van der Waals surface area contributed by atoms with Gasteiger partial charge in [-0.15, -0.1) is 0 Å². The van der Waals surface area contributed by atoms with Crippen molar-refractivity contribution in [1.82, 2.24) is 9.55 Å². The van der Waals surface area contributed by atoms with Crippen LogP contribution in [0.3, 0.4) is 0 Å². The Balaban J connectivity index is 1.66. The lowest BCUT2D eigenvalue weighted by Crippen LogP contribution is -2.11. The van der Waals surface area contributed by atoms with Crippen molar-refractivity contribution in [2.24, 2.45) is 0 Å². The smallest absolute Gasteiger partial charge is 0.139 e. The fourth-order valence-electron chi connectivity index (χ4n) is 2.26. The molecule has 0 fully saturated rings. The van der Waals surface area contributed by atoms with Gasteiger partial charge in [0.25, 0.3) is 0 Å². The number of hydrogen-bond donors (Lipinski definition) is 1. The summed E-state index contributed by atoms with van der Waals surface area (Å²) in [6.45, 7) is 1.47. The zero-order chi connectivity index (χ0) is 14.5. The first-order valence-electron chi connectivity index (χ1n) is 6.89. The van der Waals surface area contributed by atoms with E-state index >= 15 is 0 Å². The predicted octanol–water partition coefficient (Wildman–Crippen LogP) is 3.80. The van der Waals surface area contributed by atoms with E-state index in [4.69, 9.17) is 0 Å². The number of hydrogen-bond acceptors (Lipinski definition) is 2. The number of nitrogens with zero attached hydrogens (tertiary/aromatic N) is 2. The van der Waals surface area contributed by atoms with Crippen LogP contribution in [0.15, 0.2) is 67.0 Å². The summed E-state index contributed by atoms with van der Waals surface area (Å²) in [5, 5.41) is 3.21. The maximum atomic E-state index is 13.1. The zero-order valence-electron chi connectivity index (χ0n) is 11.5. The Kier molecular flexibility index (Phi) is 3.96. The lowest BCUT2D eigenvalue weighted by atomic mass is 10.2. The van der Waals surface area contributed by atoms with Gasteiger partial charge >= 0.3 is 0 Å². The van der Waals surface area contributed by atoms with E-state index in [1.54, 1.807) is 12.3 Å². The highest BCUT2D eigenvalue weighted by atomic mass is 19.1. The SMILES string of the molecule is Fc1cccc(NCCn2ccnc2-c2ccccc2)c1. The summed E-state index contributed by atoms with van der Waals surface area (Å²) in [4.78, 5) is 4.40. The topological polar surface area (TPSA) is 29.9 Å². The van der Waals surface area contributed by atoms with Gasteiger partial charge < -0.3 is 9.88 Å². The van der Waals surface area contributed by atoms with Crippen molar-refractivity contribution in [2.45, 2.75) is 6.54 Å². The van der Waals surface area contributed by atoms with Crippen molar-refractivity contribution in [3.8, 4) is 11.4 Å². The molecule has 3 nitrogen and oxygen atoms in total. The third-order valence-corrected chi connectivity index (χ3v) is 3.25. The second-order valence-corrected chi connectivity index (χ2v) is 4.75. The molecule has 21 heavy (non-hydrogen) atoms. The molecule has 0 aliphatic rings. The largest absolute Gasteiger partial charge is 0.383 e. The van der Waals surface area contributed by atoms with Crippen LogP contribution < -0.4 is 5.32 Å². The van der Waals surface area contributed by atoms with Gasteiger partial charge in [-0.2, -0.15) is 0 Å². The number of nitrogens with one attached hydrogen (secondary N) is 1. The number of halogens is 1. The van der Waals surface area contributed by atoms with Crippen LogP contribution in [0.5, 0.6) is 0 Å². The van der Waals surface area contributed by atoms with Gasteiger partial charge in [0.15, 0.2) is 0 Å². The summed E-state index contributed by atoms with van der Waals surface area (Å²) >= 11 is 0. The molecule has 0 bridgehead atoms. The van der Waals surface area contributed by atoms with Crippen molar-refractivity contribution in [3.05, 3.63) is 72.8 Å². The predicted molar refractivity (Wildman–Crippen MR) is 82.6 cm³/mol. The standard InChI is InChI=1S/C17H16FN3/c18-15-7-4-8-16(13-15)19-9-11-21-12-10-20-17(21)14-5-2-1-3-6-14/h1-8,10,12-13,19H,9,11H2. The van der Waals surface area contributed by atoms with Crippen molar-refractivity contribution in [2.75, 3.05) is 11.9 Å². The van der Waals surface area contributed by atoms with E-state index in [1.807, 2.05) is 42.6 Å². The Morgan fingerprint density at radius 1 is 1.05 bits per heavy atom. The first-order valence-corrected chi connectivity index (χ1v) is 6.89. The molecule has 1 aromatic heterocycles. The molecule has 0 unspecified atom stereocenters. The van der Waals surface area contributed by atoms with Gasteiger partial charge in [0, 0.05) is 36.7 Å². The van der Waals surface area contributed by atoms with Gasteiger partial charge in [-0.05, 0) is 18.2 Å². The Bertz CT molecular complexity index is 707. The lowest BCUT2D eigenvalue weighted by molar-refractivity contribution is 0.628. The van der Waals surface area contributed by atoms with Gasteiger partial charge in [-0.1, -0.05) is 36.4 Å². The molecular formula is C17H16FN3. The third kappa shape index (κ3) is 3.28. The van der Waals surface area contributed by atoms with Gasteiger partial charge in [-0.25, -0.2) is 9.37 Å². The molecule has 2 aromatic carbocycles. The molecule has 0 saturated carbocycles. The second kappa shape index (κ2) is 6.22. The minimum Gasteiger partial charge on any atom is -0.383 e. The van der Waals surface area contributed by atoms with Crippen LogP contribution in [0.1, 0.15) is 0 Å². The number of benzene rings is 2. The van der Waals surface area contributed by atoms with Crippen LogP contribution in [-0.4, -0.2) is 16.1 Å². The highest BCUT2D eigenvalue weighted by Crippen LogP contribution is 2.16. The Labute approximate surface area is 123 Å². The maximum absolute atomic E-state index is 13.1. The molecule has 0 amide bonds. The fourth-order valence-corrected chi connectivity index (χ4v) is 2.26. The molecule has 0 aliphatic heterocycles. The van der Waals surface area contributed by atoms with Crippen molar-refractivity contribution in [1.29, 1.82) is 0 Å². The summed E-state index contributed by atoms with van der Waals surface area (Å²) in [5.41, 5.74) is 1.88. The molecule has 3 aromatic rings. The van der Waals surface area contributed by atoms with Crippen LogP contribution >= 0.6 is 0 Å². The molecule has 0 saturated heterocycles. The zero-order valence-corrected chi connectivity index (χ0v) is 11.5. The summed E-state index contributed by atoms with van der Waals surface area (Å²) in [6.07, 6.45) is 3.75. The van der Waals surface area contributed by atoms with E-state index in [1.165, 1.54) is 12.1 Å². The van der Waals surface area contributed by atoms with Crippen LogP contribution in [0.2, 0.25) is 0 Å². The van der Waals surface area contributed by atoms with E-state index < -0.39 is 0 Å². The maximum Gasteiger partial charge on any atom is 0.139 e. The fraction of sp³-hybridized carbons (Fsp3) is 0.118. The average molecular weight is 281 g/mol. The first kappa shape index (κ1) is 13.4. The van der Waals surface area contributed by atoms with Crippen LogP contribution in [-0.2, 0) is 6.54 Å². The summed E-state index contributed by atoms with van der Waals surface area (Å²) in [5.74, 6) is 0.712. The Hall–Kier alpha value is -2.62. The van der Waals surface area contributed by atoms with E-state index in [0.29, 0.717) is 6.54 Å². The normalized spacial score (nSPS) is 10.5. The van der Waals surface area contributed by atoms with Gasteiger partial charge in [0.2, 0.25) is 0 Å². The third-order valence-electron chi connectivity index (χ3n) is 3.25. The number of rotatable bonds is 5. The van der Waals surface area contributed by atoms with Crippen LogP contribution in [0, 0.1) is 5.82 Å². The second-order valence-electron chi connectivity index (χ2n) is 4.75. The Morgan fingerprint density at radius 3 is 2.71 bits per heavy atom. The summed E-state index contributed by atoms with van der Waals surface area (Å²) < 4.78 is 15.2. The molecule has 4 heteroatoms. The molecule has 1 heterocycles. The Morgan fingerprint density at radius 2 is 1.90 bits per heavy atom. The molecule has 106 valence electrons. The van der Waals surface area contributed by atoms with Crippen molar-refractivity contribution < 1.29 is 4.39 Å². The van der Waals surface area contributed by atoms with Crippen LogP contribution in [0.4, 0.5) is 10.1 Å². The lowest BCUT2D eigenvalue weighted by Gasteiger charge is -2.10. The number of aromatic nitrogens is 2. The van der Waals surface area contributed by atoms with E-state index in [-0.39, 0.29) is 5.82 Å². The average Bonchev–Trinajstić information content (AvgIpc) is 2.97. The van der Waals surface area contributed by atoms with Gasteiger partial charge in [0.1, 0.15) is 11.6 Å². The monoisotopic (exact) mass is 281 g/mol. The van der Waals surface area contributed by atoms with E-state index in [9.17, 15) is 4.39 Å². The number of anilines is 1. The quantitative estimate of drug-likeness (QED) is 0.771. The van der Waals surface area contributed by atoms with Crippen molar-refractivity contribution in [3.63, 3.8) is 0 Å². The molecule has 0 aliphatic carbocycles. The van der Waals surface area contributed by atoms with Gasteiger partial charge in [-0.3, -0.25) is 0 Å². The summed E-state index contributed by atoms with van der Waals surface area (Å²) in [7, 11) is 0. The van der Waals surface area contributed by atoms with Crippen LogP contribution in [0.25, 0.3) is 11.4 Å². The molecule has 0 atom stereocenters. The highest BCUT2D eigenvalue weighted by molar-refractivity contribution is 5.55. The summed E-state index contributed by atoms with van der Waals surface area (Å²) in [6, 6.07) is 16.6. The molecule has 1 N–H and O–H groups in total. The first-order chi connectivity index (χ1) is 10.3. The minimum absolute atomic E-state index is 0.229. The van der Waals surface area contributed by atoms with Gasteiger partial charge in [0.05, 0.1) is 0 Å². The number of imidazole rings is 1. The molecular weight excluding hydrogens is 265 g/mol. The van der Waals surface area contributed by atoms with E-state index in [2.05, 4.69) is 14.9 Å². The minimum atomic E-state index is -0.229. The molecule has 3 rings (SSSR count). The molecule has 0 radical (unpaired) electrons. The highest BCUT2D eigenvalue weighted by Gasteiger charge is 2.04.